The lowest BCUT2D eigenvalue weighted by molar-refractivity contribution is -0.140. The van der Waals surface area contributed by atoms with Crippen molar-refractivity contribution >= 4 is 11.7 Å². The molecule has 0 unspecified atom stereocenters. The molecule has 0 bridgehead atoms. The molecular weight excluding hydrogens is 288 g/mol. The van der Waals surface area contributed by atoms with Gasteiger partial charge in [-0.15, -0.1) is 0 Å². The lowest BCUT2D eigenvalue weighted by Crippen LogP contribution is -2.33. The second-order valence-electron chi connectivity index (χ2n) is 7.28. The fourth-order valence-electron chi connectivity index (χ4n) is 4.18. The molecule has 0 spiro atoms. The first-order valence-corrected chi connectivity index (χ1v) is 8.94. The van der Waals surface area contributed by atoms with Crippen LogP contribution in [0.25, 0.3) is 0 Å². The van der Waals surface area contributed by atoms with Crippen molar-refractivity contribution in [1.29, 1.82) is 0 Å². The van der Waals surface area contributed by atoms with Crippen molar-refractivity contribution in [3.63, 3.8) is 0 Å². The van der Waals surface area contributed by atoms with Crippen molar-refractivity contribution in [3.8, 4) is 5.75 Å². The Labute approximate surface area is 138 Å². The zero-order valence-corrected chi connectivity index (χ0v) is 13.7. The fraction of sp³-hybridized carbons (Fsp3) is 0.632. The van der Waals surface area contributed by atoms with Gasteiger partial charge in [-0.1, -0.05) is 0 Å². The molecule has 0 heterocycles. The molecule has 4 heteroatoms. The highest BCUT2D eigenvalue weighted by Gasteiger charge is 2.33. The van der Waals surface area contributed by atoms with E-state index in [4.69, 9.17) is 16.2 Å². The monoisotopic (exact) mass is 316 g/mol. The van der Waals surface area contributed by atoms with Gasteiger partial charge in [-0.2, -0.15) is 0 Å². The zero-order valence-electron chi connectivity index (χ0n) is 13.7. The van der Waals surface area contributed by atoms with E-state index in [9.17, 15) is 4.79 Å². The van der Waals surface area contributed by atoms with E-state index in [1.54, 1.807) is 24.3 Å². The molecule has 23 heavy (non-hydrogen) atoms. The number of carbonyl (C=O) groups is 1. The van der Waals surface area contributed by atoms with Crippen LogP contribution in [0.4, 0.5) is 5.69 Å². The van der Waals surface area contributed by atoms with Crippen LogP contribution in [0.15, 0.2) is 24.3 Å². The second-order valence-corrected chi connectivity index (χ2v) is 7.28. The Morgan fingerprint density at radius 1 is 0.870 bits per heavy atom. The molecular formula is C19H28N2O2. The summed E-state index contributed by atoms with van der Waals surface area (Å²) in [6, 6.07) is 7.44. The molecule has 2 saturated carbocycles. The van der Waals surface area contributed by atoms with Crippen molar-refractivity contribution in [2.24, 2.45) is 23.5 Å². The number of hydrogen-bond donors (Lipinski definition) is 2. The maximum Gasteiger partial charge on any atom is 0.314 e. The Morgan fingerprint density at radius 3 is 1.96 bits per heavy atom. The Kier molecular flexibility index (Phi) is 5.21. The third kappa shape index (κ3) is 4.25. The van der Waals surface area contributed by atoms with Crippen molar-refractivity contribution in [1.82, 2.24) is 0 Å². The predicted octanol–water partition coefficient (Wildman–Crippen LogP) is 3.50. The number of anilines is 1. The van der Waals surface area contributed by atoms with Crippen LogP contribution in [0.3, 0.4) is 0 Å². The fourth-order valence-corrected chi connectivity index (χ4v) is 4.18. The molecule has 2 fully saturated rings. The van der Waals surface area contributed by atoms with E-state index in [2.05, 4.69) is 0 Å². The molecule has 1 aromatic rings. The summed E-state index contributed by atoms with van der Waals surface area (Å²) >= 11 is 0. The van der Waals surface area contributed by atoms with Crippen molar-refractivity contribution in [3.05, 3.63) is 24.3 Å². The molecule has 1 aromatic carbocycles. The molecule has 0 amide bonds. The first kappa shape index (κ1) is 16.3. The molecule has 2 aliphatic carbocycles. The van der Waals surface area contributed by atoms with Crippen LogP contribution in [0.2, 0.25) is 0 Å². The maximum atomic E-state index is 12.3. The summed E-state index contributed by atoms with van der Waals surface area (Å²) < 4.78 is 5.49. The van der Waals surface area contributed by atoms with Crippen molar-refractivity contribution in [2.45, 2.75) is 57.4 Å². The SMILES string of the molecule is Nc1ccc(OC(=O)C2CCC(C3CCC(N)CC3)CC2)cc1. The Hall–Kier alpha value is -1.55. The third-order valence-electron chi connectivity index (χ3n) is 5.69. The van der Waals surface area contributed by atoms with Gasteiger partial charge < -0.3 is 16.2 Å². The summed E-state index contributed by atoms with van der Waals surface area (Å²) in [5.41, 5.74) is 12.3. The number of rotatable bonds is 3. The van der Waals surface area contributed by atoms with Gasteiger partial charge in [0, 0.05) is 11.7 Å². The second kappa shape index (κ2) is 7.35. The van der Waals surface area contributed by atoms with Crippen LogP contribution in [0, 0.1) is 17.8 Å². The molecule has 0 aliphatic heterocycles. The summed E-state index contributed by atoms with van der Waals surface area (Å²) in [5, 5.41) is 0. The topological polar surface area (TPSA) is 78.3 Å². The summed E-state index contributed by atoms with van der Waals surface area (Å²) in [4.78, 5) is 12.3. The van der Waals surface area contributed by atoms with Gasteiger partial charge in [0.1, 0.15) is 5.75 Å². The number of ether oxygens (including phenoxy) is 1. The van der Waals surface area contributed by atoms with Gasteiger partial charge in [-0.05, 0) is 87.5 Å². The molecule has 0 radical (unpaired) electrons. The predicted molar refractivity (Wildman–Crippen MR) is 91.9 cm³/mol. The summed E-state index contributed by atoms with van der Waals surface area (Å²) in [6.07, 6.45) is 9.11. The highest BCUT2D eigenvalue weighted by atomic mass is 16.5. The Balaban J connectivity index is 1.46. The molecule has 3 rings (SSSR count). The van der Waals surface area contributed by atoms with Gasteiger partial charge in [-0.25, -0.2) is 0 Å². The van der Waals surface area contributed by atoms with Crippen molar-refractivity contribution in [2.75, 3.05) is 5.73 Å². The summed E-state index contributed by atoms with van der Waals surface area (Å²) in [6.45, 7) is 0. The van der Waals surface area contributed by atoms with Crippen LogP contribution in [0.1, 0.15) is 51.4 Å². The molecule has 126 valence electrons. The normalized spacial score (nSPS) is 31.5. The number of hydrogen-bond acceptors (Lipinski definition) is 4. The van der Waals surface area contributed by atoms with Crippen molar-refractivity contribution < 1.29 is 9.53 Å². The van der Waals surface area contributed by atoms with Crippen LogP contribution < -0.4 is 16.2 Å². The molecule has 0 atom stereocenters. The van der Waals surface area contributed by atoms with Gasteiger partial charge in [-0.3, -0.25) is 4.79 Å². The van der Waals surface area contributed by atoms with Gasteiger partial charge in [0.25, 0.3) is 0 Å². The summed E-state index contributed by atoms with van der Waals surface area (Å²) in [5.74, 6) is 2.16. The molecule has 2 aliphatic rings. The average molecular weight is 316 g/mol. The largest absolute Gasteiger partial charge is 0.426 e. The number of esters is 1. The molecule has 0 aromatic heterocycles. The maximum absolute atomic E-state index is 12.3. The Morgan fingerprint density at radius 2 is 1.39 bits per heavy atom. The first-order chi connectivity index (χ1) is 11.1. The third-order valence-corrected chi connectivity index (χ3v) is 5.69. The lowest BCUT2D eigenvalue weighted by Gasteiger charge is -2.36. The van der Waals surface area contributed by atoms with Crippen LogP contribution in [-0.2, 0) is 4.79 Å². The quantitative estimate of drug-likeness (QED) is 0.508. The summed E-state index contributed by atoms with van der Waals surface area (Å²) in [7, 11) is 0. The van der Waals surface area contributed by atoms with Crippen LogP contribution in [0.5, 0.6) is 5.75 Å². The molecule has 4 nitrogen and oxygen atoms in total. The number of benzene rings is 1. The highest BCUT2D eigenvalue weighted by Crippen LogP contribution is 2.40. The zero-order chi connectivity index (χ0) is 16.2. The average Bonchev–Trinajstić information content (AvgIpc) is 2.58. The minimum atomic E-state index is -0.0844. The molecule has 0 saturated heterocycles. The van der Waals surface area contributed by atoms with Gasteiger partial charge in [0.2, 0.25) is 0 Å². The van der Waals surface area contributed by atoms with E-state index in [1.165, 1.54) is 25.7 Å². The Bertz CT molecular complexity index is 513. The van der Waals surface area contributed by atoms with Gasteiger partial charge in [0.15, 0.2) is 0 Å². The standard InChI is InChI=1S/C19H28N2O2/c20-16-7-5-14(6-8-16)13-1-3-15(4-2-13)19(22)23-18-11-9-17(21)10-12-18/h9-16H,1-8,20-21H2. The molecule has 4 N–H and O–H groups in total. The number of carbonyl (C=O) groups excluding carboxylic acids is 1. The van der Waals surface area contributed by atoms with Gasteiger partial charge >= 0.3 is 5.97 Å². The first-order valence-electron chi connectivity index (χ1n) is 8.94. The number of nitrogen functional groups attached to an aromatic ring is 1. The van der Waals surface area contributed by atoms with E-state index in [1.807, 2.05) is 0 Å². The minimum Gasteiger partial charge on any atom is -0.426 e. The van der Waals surface area contributed by atoms with E-state index in [0.717, 1.165) is 37.5 Å². The van der Waals surface area contributed by atoms with Crippen LogP contribution in [-0.4, -0.2) is 12.0 Å². The van der Waals surface area contributed by atoms with Gasteiger partial charge in [0.05, 0.1) is 5.92 Å². The number of nitrogens with two attached hydrogens (primary N) is 2. The van der Waals surface area contributed by atoms with E-state index >= 15 is 0 Å². The smallest absolute Gasteiger partial charge is 0.314 e. The van der Waals surface area contributed by atoms with E-state index in [0.29, 0.717) is 17.5 Å². The van der Waals surface area contributed by atoms with E-state index < -0.39 is 0 Å². The lowest BCUT2D eigenvalue weighted by atomic mass is 9.70. The van der Waals surface area contributed by atoms with E-state index in [-0.39, 0.29) is 11.9 Å². The minimum absolute atomic E-state index is 0.0506. The van der Waals surface area contributed by atoms with Crippen LogP contribution >= 0.6 is 0 Å². The highest BCUT2D eigenvalue weighted by molar-refractivity contribution is 5.75.